The molecule has 18 amide bonds. The number of benzene rings is 1. The van der Waals surface area contributed by atoms with Gasteiger partial charge in [-0.15, -0.1) is 0 Å². The summed E-state index contributed by atoms with van der Waals surface area (Å²) in [6, 6.07) is 6.19. The summed E-state index contributed by atoms with van der Waals surface area (Å²) in [5, 5.41) is 10.2. The number of carbonyl (C=O) groups excluding carboxylic acids is 15. The highest BCUT2D eigenvalue weighted by Crippen LogP contribution is 2.21. The minimum absolute atomic E-state index is 0.0969. The number of amides is 18. The van der Waals surface area contributed by atoms with Crippen molar-refractivity contribution in [2.45, 2.75) is 211 Å². The maximum Gasteiger partial charge on any atom is 0.410 e. The molecule has 0 radical (unpaired) electrons. The molecule has 42 heteroatoms. The van der Waals surface area contributed by atoms with Crippen molar-refractivity contribution in [1.29, 1.82) is 0 Å². The van der Waals surface area contributed by atoms with E-state index in [-0.39, 0.29) is 90.7 Å². The second-order valence-electron chi connectivity index (χ2n) is 37.3. The topological polar surface area (TPSA) is 433 Å². The van der Waals surface area contributed by atoms with Gasteiger partial charge in [0.1, 0.15) is 39.2 Å². The van der Waals surface area contributed by atoms with Gasteiger partial charge in [-0.25, -0.2) is 57.5 Å². The van der Waals surface area contributed by atoms with Gasteiger partial charge in [0.15, 0.2) is 0 Å². The van der Waals surface area contributed by atoms with Gasteiger partial charge < -0.3 is 132 Å². The van der Waals surface area contributed by atoms with Crippen molar-refractivity contribution >= 4 is 96.3 Å². The Morgan fingerprint density at radius 3 is 0.586 bits per heavy atom. The molecule has 7 aliphatic rings. The quantitative estimate of drug-likeness (QED) is 0.204. The second kappa shape index (κ2) is 52.4. The van der Waals surface area contributed by atoms with Gasteiger partial charge in [-0.05, 0) is 170 Å². The zero-order valence-corrected chi connectivity index (χ0v) is 81.6. The molecule has 0 saturated carbocycles. The molecule has 4 N–H and O–H groups in total. The van der Waals surface area contributed by atoms with Crippen LogP contribution in [0, 0.1) is 0 Å². The van der Waals surface area contributed by atoms with Gasteiger partial charge in [-0.1, -0.05) is 13.8 Å². The van der Waals surface area contributed by atoms with E-state index in [1.807, 2.05) is 159 Å². The van der Waals surface area contributed by atoms with Crippen molar-refractivity contribution in [2.75, 3.05) is 224 Å². The van der Waals surface area contributed by atoms with E-state index < -0.39 is 39.2 Å². The Hall–Kier alpha value is -11.1. The Balaban J connectivity index is 0.000000509. The monoisotopic (exact) mass is 1820 g/mol. The number of nitrogens with one attached hydrogen (secondary N) is 4. The van der Waals surface area contributed by atoms with Crippen LogP contribution >= 0.6 is 0 Å². The highest BCUT2D eigenvalue weighted by atomic mass is 16.6. The Morgan fingerprint density at radius 1 is 0.250 bits per heavy atom. The molecule has 7 saturated heterocycles. The van der Waals surface area contributed by atoms with Gasteiger partial charge >= 0.3 is 72.9 Å². The second-order valence-corrected chi connectivity index (χ2v) is 37.3. The van der Waals surface area contributed by atoms with Gasteiger partial charge in [-0.3, -0.25) is 14.4 Å². The smallest absolute Gasteiger partial charge is 0.410 e. The van der Waals surface area contributed by atoms with Crippen LogP contribution in [0.3, 0.4) is 0 Å². The molecule has 8 rings (SSSR count). The fraction of sp³-hybridized carbons (Fsp3) is 0.756. The van der Waals surface area contributed by atoms with Gasteiger partial charge in [0.05, 0.1) is 14.2 Å². The van der Waals surface area contributed by atoms with Gasteiger partial charge in [0.2, 0.25) is 11.8 Å². The van der Waals surface area contributed by atoms with Gasteiger partial charge in [0, 0.05) is 228 Å². The van der Waals surface area contributed by atoms with Crippen LogP contribution < -0.4 is 21.3 Å². The lowest BCUT2D eigenvalue weighted by Gasteiger charge is -2.35. The zero-order valence-electron chi connectivity index (χ0n) is 81.6. The van der Waals surface area contributed by atoms with Crippen LogP contribution in [-0.4, -0.2) is 417 Å². The Kier molecular flexibility index (Phi) is 46.2. The molecule has 7 fully saturated rings. The summed E-state index contributed by atoms with van der Waals surface area (Å²) < 4.78 is 46.2. The molecule has 0 unspecified atom stereocenters. The highest BCUT2D eigenvalue weighted by Gasteiger charge is 2.36. The zero-order chi connectivity index (χ0) is 97.6. The van der Waals surface area contributed by atoms with E-state index in [9.17, 15) is 71.9 Å². The lowest BCUT2D eigenvalue weighted by atomic mass is 10.1. The van der Waals surface area contributed by atoms with Crippen molar-refractivity contribution in [3.05, 3.63) is 29.8 Å². The minimum Gasteiger partial charge on any atom is -0.453 e. The van der Waals surface area contributed by atoms with E-state index in [1.54, 1.807) is 107 Å². The SMILES string of the molecule is CCC(=O)N1CCN(C(=O)OC(C)(C)C)CC1.CCC(=O)N1CCN(C(=O)OC(C)(C)C)CC1.CNC(=O)N1CCN(C(=O)OC(C)(C)C)CC1.CNC(=O)N1CCN(C(=O)OC(C)(C)C)CC1.CNC(=O)Nc1ccc(C(=O)N2CCN(C(=O)OC(C)(C)C)CC2)cc1.COC(=O)N1CCN(C(=O)OC(C)(C)C)CC1.COC(=O)N1CCN(C(=O)OC(C)(C)C)CC1. The van der Waals surface area contributed by atoms with Gasteiger partial charge in [0.25, 0.3) is 5.91 Å². The predicted octanol–water partition coefficient (Wildman–Crippen LogP) is 9.45. The fourth-order valence-corrected chi connectivity index (χ4v) is 12.1. The van der Waals surface area contributed by atoms with E-state index in [1.165, 1.54) is 21.3 Å². The minimum atomic E-state index is -0.533. The van der Waals surface area contributed by atoms with Crippen molar-refractivity contribution in [1.82, 2.24) is 84.5 Å². The lowest BCUT2D eigenvalue weighted by Crippen LogP contribution is -2.53. The average Bonchev–Trinajstić information content (AvgIpc) is 0.827. The van der Waals surface area contributed by atoms with Crippen LogP contribution in [0.1, 0.15) is 182 Å². The molecular formula is C86H152N18O24. The van der Waals surface area contributed by atoms with Gasteiger partial charge in [-0.2, -0.15) is 0 Å². The van der Waals surface area contributed by atoms with E-state index in [0.717, 1.165) is 0 Å². The number of anilines is 1. The van der Waals surface area contributed by atoms with Crippen LogP contribution in [0.25, 0.3) is 0 Å². The third kappa shape index (κ3) is 45.0. The molecule has 0 aromatic heterocycles. The summed E-state index contributed by atoms with van der Waals surface area (Å²) in [5.74, 6) is 0.197. The average molecular weight is 1820 g/mol. The molecule has 0 bridgehead atoms. The summed E-state index contributed by atoms with van der Waals surface area (Å²) in [4.78, 5) is 198. The Labute approximate surface area is 757 Å². The molecule has 1 aromatic rings. The molecular weight excluding hydrogens is 1670 g/mol. The number of hydrogen-bond acceptors (Lipinski definition) is 24. The molecule has 128 heavy (non-hydrogen) atoms. The largest absolute Gasteiger partial charge is 0.453 e. The highest BCUT2D eigenvalue weighted by molar-refractivity contribution is 5.96. The van der Waals surface area contributed by atoms with Crippen molar-refractivity contribution in [2.24, 2.45) is 0 Å². The number of methoxy groups -OCH3 is 2. The van der Waals surface area contributed by atoms with Crippen LogP contribution in [0.4, 0.5) is 63.2 Å². The van der Waals surface area contributed by atoms with E-state index in [2.05, 4.69) is 30.7 Å². The fourth-order valence-electron chi connectivity index (χ4n) is 12.1. The van der Waals surface area contributed by atoms with Crippen molar-refractivity contribution < 1.29 is 115 Å². The summed E-state index contributed by atoms with van der Waals surface area (Å²) in [5.41, 5.74) is -2.25. The first kappa shape index (κ1) is 113. The van der Waals surface area contributed by atoms with E-state index >= 15 is 0 Å². The third-order valence-corrected chi connectivity index (χ3v) is 18.6. The van der Waals surface area contributed by atoms with E-state index in [0.29, 0.717) is 207 Å². The van der Waals surface area contributed by atoms with Crippen molar-refractivity contribution in [3.8, 4) is 0 Å². The van der Waals surface area contributed by atoms with Crippen LogP contribution in [0.5, 0.6) is 0 Å². The molecule has 730 valence electrons. The number of ether oxygens (including phenoxy) is 9. The molecule has 0 aliphatic carbocycles. The summed E-state index contributed by atoms with van der Waals surface area (Å²) >= 11 is 0. The molecule has 0 spiro atoms. The first-order chi connectivity index (χ1) is 59.2. The number of carbonyl (C=O) groups is 15. The standard InChI is InChI=1S/C18H26N4O4.2C12H22N2O3.2C11H21N3O3.2C11H20N2O4/c1-18(2,3)26-17(25)22-11-9-21(10-12-22)15(23)13-5-7-14(8-6-13)20-16(24)19-4;2*1-5-10(15)13-6-8-14(9-7-13)11(16)17-12(2,3)4;2*1-11(2,3)17-10(16)14-7-5-13(6-8-14)9(15)12-4;2*1-11(2,3)17-10(15)13-7-5-12(6-8-13)9(14)16-4/h5-8H,9-12H2,1-4H3,(H2,19,20,24);2*5-9H2,1-4H3;2*5-8H2,1-4H3,(H,12,15);2*5-8H2,1-4H3. The maximum absolute atomic E-state index is 12.6. The van der Waals surface area contributed by atoms with Crippen LogP contribution in [-0.2, 0) is 52.2 Å². The number of nitrogens with zero attached hydrogens (tertiary/aromatic N) is 14. The van der Waals surface area contributed by atoms with Crippen LogP contribution in [0.2, 0.25) is 0 Å². The molecule has 7 aliphatic heterocycles. The molecule has 7 heterocycles. The first-order valence-electron chi connectivity index (χ1n) is 43.6. The molecule has 0 atom stereocenters. The number of urea groups is 3. The van der Waals surface area contributed by atoms with Crippen LogP contribution in [0.15, 0.2) is 24.3 Å². The summed E-state index contributed by atoms with van der Waals surface area (Å²) in [6.07, 6.45) is -1.88. The summed E-state index contributed by atoms with van der Waals surface area (Å²) in [6.45, 7) is 56.8. The van der Waals surface area contributed by atoms with Crippen molar-refractivity contribution in [3.63, 3.8) is 0 Å². The third-order valence-electron chi connectivity index (χ3n) is 18.6. The van der Waals surface area contributed by atoms with E-state index in [4.69, 9.17) is 33.2 Å². The number of piperazine rings is 7. The molecule has 42 nitrogen and oxygen atoms in total. The lowest BCUT2D eigenvalue weighted by molar-refractivity contribution is -0.133. The first-order valence-corrected chi connectivity index (χ1v) is 43.6. The predicted molar refractivity (Wildman–Crippen MR) is 479 cm³/mol. The molecule has 1 aromatic carbocycles. The number of rotatable bonds is 4. The normalized spacial score (nSPS) is 16.3. The Morgan fingerprint density at radius 2 is 0.422 bits per heavy atom. The number of hydrogen-bond donors (Lipinski definition) is 4. The Bertz CT molecular complexity index is 3250. The maximum atomic E-state index is 12.6. The summed E-state index contributed by atoms with van der Waals surface area (Å²) in [7, 11) is 7.43.